The van der Waals surface area contributed by atoms with Crippen molar-refractivity contribution < 1.29 is 9.53 Å². The van der Waals surface area contributed by atoms with Crippen molar-refractivity contribution in [2.24, 2.45) is 0 Å². The van der Waals surface area contributed by atoms with Crippen molar-refractivity contribution in [1.29, 1.82) is 0 Å². The number of rotatable bonds is 4. The van der Waals surface area contributed by atoms with E-state index in [4.69, 9.17) is 4.74 Å². The summed E-state index contributed by atoms with van der Waals surface area (Å²) >= 11 is 0. The van der Waals surface area contributed by atoms with Crippen molar-refractivity contribution in [2.75, 3.05) is 19.8 Å². The van der Waals surface area contributed by atoms with Gasteiger partial charge in [-0.05, 0) is 31.7 Å². The van der Waals surface area contributed by atoms with Gasteiger partial charge in [0.1, 0.15) is 11.9 Å². The second-order valence-corrected chi connectivity index (χ2v) is 6.90. The van der Waals surface area contributed by atoms with Gasteiger partial charge in [0, 0.05) is 25.7 Å². The van der Waals surface area contributed by atoms with Gasteiger partial charge in [-0.2, -0.15) is 0 Å². The number of amides is 1. The molecule has 6 nitrogen and oxygen atoms in total. The van der Waals surface area contributed by atoms with Gasteiger partial charge >= 0.3 is 0 Å². The Hall–Kier alpha value is -2.21. The van der Waals surface area contributed by atoms with Crippen LogP contribution in [0.3, 0.4) is 0 Å². The van der Waals surface area contributed by atoms with E-state index in [1.54, 1.807) is 0 Å². The van der Waals surface area contributed by atoms with Crippen LogP contribution in [0.4, 0.5) is 0 Å². The predicted octanol–water partition coefficient (Wildman–Crippen LogP) is 2.32. The van der Waals surface area contributed by atoms with Gasteiger partial charge in [0.2, 0.25) is 5.91 Å². The second-order valence-electron chi connectivity index (χ2n) is 6.90. The maximum atomic E-state index is 12.9. The molecule has 1 amide bonds. The van der Waals surface area contributed by atoms with Gasteiger partial charge < -0.3 is 14.2 Å². The van der Waals surface area contributed by atoms with Crippen LogP contribution < -0.4 is 0 Å². The lowest BCUT2D eigenvalue weighted by molar-refractivity contribution is -0.137. The molecule has 0 aliphatic carbocycles. The quantitative estimate of drug-likeness (QED) is 0.857. The summed E-state index contributed by atoms with van der Waals surface area (Å²) in [7, 11) is 0. The maximum absolute atomic E-state index is 12.9. The molecule has 2 aliphatic rings. The van der Waals surface area contributed by atoms with Gasteiger partial charge in [-0.3, -0.25) is 4.79 Å². The zero-order valence-electron chi connectivity index (χ0n) is 14.6. The third kappa shape index (κ3) is 3.18. The molecule has 2 aromatic rings. The average molecular weight is 340 g/mol. The highest BCUT2D eigenvalue weighted by Crippen LogP contribution is 2.31. The van der Waals surface area contributed by atoms with Crippen molar-refractivity contribution in [2.45, 2.75) is 44.7 Å². The van der Waals surface area contributed by atoms with Crippen molar-refractivity contribution >= 4 is 5.91 Å². The standard InChI is InChI=1S/C19H24N4O2/c1-14-19(24)22(10-7-15-5-3-2-4-6-15)13-17-20-21-18(23(14)17)16-8-11-25-12-9-16/h2-6,14,16H,7-13H2,1H3/t14-/m0/s1. The van der Waals surface area contributed by atoms with Gasteiger partial charge in [-0.25, -0.2) is 0 Å². The monoisotopic (exact) mass is 340 g/mol. The SMILES string of the molecule is C[C@H]1C(=O)N(CCc2ccccc2)Cc2nnc(C3CCOCC3)n21. The van der Waals surface area contributed by atoms with Crippen molar-refractivity contribution in [3.8, 4) is 0 Å². The lowest BCUT2D eigenvalue weighted by Gasteiger charge is -2.33. The number of benzene rings is 1. The first-order valence-corrected chi connectivity index (χ1v) is 9.08. The van der Waals surface area contributed by atoms with Crippen molar-refractivity contribution in [1.82, 2.24) is 19.7 Å². The molecular weight excluding hydrogens is 316 g/mol. The van der Waals surface area contributed by atoms with Gasteiger partial charge in [0.05, 0.1) is 6.54 Å². The van der Waals surface area contributed by atoms with E-state index >= 15 is 0 Å². The van der Waals surface area contributed by atoms with Crippen LogP contribution in [0.25, 0.3) is 0 Å². The van der Waals surface area contributed by atoms with E-state index in [9.17, 15) is 4.79 Å². The zero-order chi connectivity index (χ0) is 17.2. The predicted molar refractivity (Wildman–Crippen MR) is 93.1 cm³/mol. The summed E-state index contributed by atoms with van der Waals surface area (Å²) in [5, 5.41) is 8.84. The van der Waals surface area contributed by atoms with Crippen molar-refractivity contribution in [3.05, 3.63) is 47.5 Å². The van der Waals surface area contributed by atoms with Gasteiger partial charge in [0.25, 0.3) is 0 Å². The van der Waals surface area contributed by atoms with Crippen molar-refractivity contribution in [3.63, 3.8) is 0 Å². The van der Waals surface area contributed by atoms with Gasteiger partial charge in [-0.1, -0.05) is 30.3 Å². The second kappa shape index (κ2) is 6.96. The molecule has 1 aromatic carbocycles. The Bertz CT molecular complexity index is 737. The lowest BCUT2D eigenvalue weighted by Crippen LogP contribution is -2.43. The molecule has 2 aliphatic heterocycles. The topological polar surface area (TPSA) is 60.3 Å². The number of carbonyl (C=O) groups is 1. The Balaban J connectivity index is 1.51. The molecule has 1 aromatic heterocycles. The fourth-order valence-electron chi connectivity index (χ4n) is 3.82. The van der Waals surface area contributed by atoms with Crippen LogP contribution in [0.1, 0.15) is 48.9 Å². The van der Waals surface area contributed by atoms with E-state index in [1.807, 2.05) is 30.0 Å². The summed E-state index contributed by atoms with van der Waals surface area (Å²) in [6.07, 6.45) is 2.77. The molecule has 0 radical (unpaired) electrons. The molecule has 0 bridgehead atoms. The minimum atomic E-state index is -0.229. The normalized spacial score (nSPS) is 21.4. The summed E-state index contributed by atoms with van der Waals surface area (Å²) in [4.78, 5) is 14.8. The minimum absolute atomic E-state index is 0.163. The summed E-state index contributed by atoms with van der Waals surface area (Å²) in [5.41, 5.74) is 1.25. The first-order chi connectivity index (χ1) is 12.2. The number of nitrogens with zero attached hydrogens (tertiary/aromatic N) is 4. The highest BCUT2D eigenvalue weighted by Gasteiger charge is 2.35. The summed E-state index contributed by atoms with van der Waals surface area (Å²) in [6, 6.07) is 10.1. The number of carbonyl (C=O) groups excluding carboxylic acids is 1. The lowest BCUT2D eigenvalue weighted by atomic mass is 9.98. The molecule has 25 heavy (non-hydrogen) atoms. The smallest absolute Gasteiger partial charge is 0.245 e. The van der Waals surface area contributed by atoms with E-state index in [0.717, 1.165) is 44.1 Å². The Labute approximate surface area is 147 Å². The fraction of sp³-hybridized carbons (Fsp3) is 0.526. The molecule has 1 fully saturated rings. The minimum Gasteiger partial charge on any atom is -0.381 e. The zero-order valence-corrected chi connectivity index (χ0v) is 14.6. The molecule has 1 atom stereocenters. The van der Waals surface area contributed by atoms with E-state index < -0.39 is 0 Å². The third-order valence-electron chi connectivity index (χ3n) is 5.28. The Morgan fingerprint density at radius 2 is 1.92 bits per heavy atom. The van der Waals surface area contributed by atoms with Crippen LogP contribution in [0.5, 0.6) is 0 Å². The maximum Gasteiger partial charge on any atom is 0.245 e. The summed E-state index contributed by atoms with van der Waals surface area (Å²) in [6.45, 7) is 4.75. The Kier molecular flexibility index (Phi) is 4.53. The van der Waals surface area contributed by atoms with Crippen LogP contribution in [-0.2, 0) is 22.5 Å². The van der Waals surface area contributed by atoms with Crippen LogP contribution in [-0.4, -0.2) is 45.3 Å². The van der Waals surface area contributed by atoms with Crippen LogP contribution in [0, 0.1) is 0 Å². The number of fused-ring (bicyclic) bond motifs is 1. The van der Waals surface area contributed by atoms with Crippen LogP contribution in [0.15, 0.2) is 30.3 Å². The van der Waals surface area contributed by atoms with E-state index in [-0.39, 0.29) is 11.9 Å². The van der Waals surface area contributed by atoms with E-state index in [0.29, 0.717) is 19.0 Å². The highest BCUT2D eigenvalue weighted by atomic mass is 16.5. The molecule has 0 unspecified atom stereocenters. The largest absolute Gasteiger partial charge is 0.381 e. The van der Waals surface area contributed by atoms with Gasteiger partial charge in [0.15, 0.2) is 5.82 Å². The number of hydrogen-bond donors (Lipinski definition) is 0. The highest BCUT2D eigenvalue weighted by molar-refractivity contribution is 5.81. The molecule has 0 spiro atoms. The molecule has 4 rings (SSSR count). The van der Waals surface area contributed by atoms with Gasteiger partial charge in [-0.15, -0.1) is 10.2 Å². The molecule has 0 N–H and O–H groups in total. The number of hydrogen-bond acceptors (Lipinski definition) is 4. The van der Waals surface area contributed by atoms with Crippen LogP contribution >= 0.6 is 0 Å². The van der Waals surface area contributed by atoms with E-state index in [1.165, 1.54) is 5.56 Å². The molecule has 1 saturated heterocycles. The Morgan fingerprint density at radius 1 is 1.16 bits per heavy atom. The first kappa shape index (κ1) is 16.3. The Morgan fingerprint density at radius 3 is 2.68 bits per heavy atom. The number of aromatic nitrogens is 3. The fourth-order valence-corrected chi connectivity index (χ4v) is 3.82. The average Bonchev–Trinajstić information content (AvgIpc) is 3.09. The third-order valence-corrected chi connectivity index (χ3v) is 5.28. The number of ether oxygens (including phenoxy) is 1. The summed E-state index contributed by atoms with van der Waals surface area (Å²) < 4.78 is 7.52. The van der Waals surface area contributed by atoms with E-state index in [2.05, 4.69) is 26.9 Å². The molecular formula is C19H24N4O2. The molecule has 132 valence electrons. The first-order valence-electron chi connectivity index (χ1n) is 9.08. The molecule has 3 heterocycles. The summed E-state index contributed by atoms with van der Waals surface area (Å²) in [5.74, 6) is 2.38. The van der Waals surface area contributed by atoms with Crippen LogP contribution in [0.2, 0.25) is 0 Å². The molecule has 6 heteroatoms. The molecule has 0 saturated carbocycles.